The summed E-state index contributed by atoms with van der Waals surface area (Å²) in [4.78, 5) is 38.2. The van der Waals surface area contributed by atoms with Gasteiger partial charge in [0.25, 0.3) is 11.8 Å². The zero-order valence-corrected chi connectivity index (χ0v) is 16.8. The Labute approximate surface area is 172 Å². The Kier molecular flexibility index (Phi) is 6.06. The van der Waals surface area contributed by atoms with Crippen molar-refractivity contribution in [2.45, 2.75) is 13.5 Å². The molecule has 3 aromatic rings. The first-order valence-corrected chi connectivity index (χ1v) is 9.22. The number of benzene rings is 2. The molecular weight excluding hydrogens is 387 g/mol. The van der Waals surface area contributed by atoms with Crippen LogP contribution < -0.4 is 10.7 Å². The van der Waals surface area contributed by atoms with Crippen molar-refractivity contribution in [2.24, 2.45) is 0 Å². The molecule has 7 nitrogen and oxygen atoms in total. The molecule has 1 N–H and O–H groups in total. The van der Waals surface area contributed by atoms with E-state index in [4.69, 9.17) is 0 Å². The molecule has 154 valence electrons. The molecule has 0 spiro atoms. The lowest BCUT2D eigenvalue weighted by molar-refractivity contribution is 0.0827. The molecule has 0 aliphatic heterocycles. The largest absolute Gasteiger partial charge is 0.346 e. The Balaban J connectivity index is 1.79. The van der Waals surface area contributed by atoms with Crippen LogP contribution in [0.3, 0.4) is 0 Å². The highest BCUT2D eigenvalue weighted by Crippen LogP contribution is 2.13. The molecule has 1 aromatic heterocycles. The summed E-state index contributed by atoms with van der Waals surface area (Å²) >= 11 is 0. The number of nitrogens with one attached hydrogen (secondary N) is 1. The van der Waals surface area contributed by atoms with Gasteiger partial charge in [0.15, 0.2) is 5.69 Å². The highest BCUT2D eigenvalue weighted by molar-refractivity contribution is 5.94. The number of halogens is 1. The monoisotopic (exact) mass is 408 g/mol. The third kappa shape index (κ3) is 4.43. The van der Waals surface area contributed by atoms with Gasteiger partial charge in [-0.25, -0.2) is 9.07 Å². The average Bonchev–Trinajstić information content (AvgIpc) is 2.72. The minimum atomic E-state index is -0.668. The van der Waals surface area contributed by atoms with Crippen LogP contribution in [0.1, 0.15) is 32.1 Å². The van der Waals surface area contributed by atoms with Crippen molar-refractivity contribution in [1.29, 1.82) is 0 Å². The maximum absolute atomic E-state index is 14.1. The van der Waals surface area contributed by atoms with Crippen LogP contribution in [0.25, 0.3) is 5.69 Å². The summed E-state index contributed by atoms with van der Waals surface area (Å²) in [7, 11) is 3.33. The number of para-hydroxylation sites is 1. The number of aryl methyl sites for hydroxylation is 1. The summed E-state index contributed by atoms with van der Waals surface area (Å²) in [5, 5.41) is 6.71. The summed E-state index contributed by atoms with van der Waals surface area (Å²) in [6.07, 6.45) is 0. The second-order valence-corrected chi connectivity index (χ2v) is 6.94. The quantitative estimate of drug-likeness (QED) is 0.702. The van der Waals surface area contributed by atoms with E-state index in [1.54, 1.807) is 57.4 Å². The first-order chi connectivity index (χ1) is 14.3. The van der Waals surface area contributed by atoms with E-state index in [0.29, 0.717) is 11.3 Å². The van der Waals surface area contributed by atoms with E-state index in [1.165, 1.54) is 27.8 Å². The Hall–Kier alpha value is -3.81. The fourth-order valence-corrected chi connectivity index (χ4v) is 2.86. The molecule has 0 atom stereocenters. The third-order valence-electron chi connectivity index (χ3n) is 4.46. The highest BCUT2D eigenvalue weighted by Gasteiger charge is 2.16. The summed E-state index contributed by atoms with van der Waals surface area (Å²) in [5.41, 5.74) is 0.948. The molecule has 2 amide bonds. The van der Waals surface area contributed by atoms with Gasteiger partial charge in [0.1, 0.15) is 11.5 Å². The van der Waals surface area contributed by atoms with E-state index >= 15 is 0 Å². The standard InChI is InChI=1S/C22H21FN4O3/c1-14-12-19(28)20(25-27(14)18-7-5-4-6-17(18)23)21(29)24-13-15-8-10-16(11-9-15)22(30)26(2)3/h4-12H,13H2,1-3H3,(H,24,29). The number of carbonyl (C=O) groups is 2. The van der Waals surface area contributed by atoms with Crippen LogP contribution >= 0.6 is 0 Å². The predicted octanol–water partition coefficient (Wildman–Crippen LogP) is 2.31. The minimum Gasteiger partial charge on any atom is -0.346 e. The van der Waals surface area contributed by atoms with Crippen molar-refractivity contribution in [3.8, 4) is 5.69 Å². The summed E-state index contributed by atoms with van der Waals surface area (Å²) in [6.45, 7) is 1.75. The van der Waals surface area contributed by atoms with E-state index in [1.807, 2.05) is 0 Å². The Morgan fingerprint density at radius 3 is 2.40 bits per heavy atom. The second kappa shape index (κ2) is 8.69. The van der Waals surface area contributed by atoms with Gasteiger partial charge in [-0.2, -0.15) is 5.10 Å². The maximum Gasteiger partial charge on any atom is 0.276 e. The number of hydrogen-bond donors (Lipinski definition) is 1. The van der Waals surface area contributed by atoms with Crippen molar-refractivity contribution in [3.05, 3.63) is 93.2 Å². The minimum absolute atomic E-state index is 0.122. The lowest BCUT2D eigenvalue weighted by Gasteiger charge is -2.12. The third-order valence-corrected chi connectivity index (χ3v) is 4.46. The Morgan fingerprint density at radius 1 is 1.10 bits per heavy atom. The first-order valence-electron chi connectivity index (χ1n) is 9.22. The number of carbonyl (C=O) groups excluding carboxylic acids is 2. The van der Waals surface area contributed by atoms with E-state index in [-0.39, 0.29) is 23.8 Å². The van der Waals surface area contributed by atoms with Crippen molar-refractivity contribution in [1.82, 2.24) is 20.0 Å². The molecule has 0 bridgehead atoms. The molecule has 2 aromatic carbocycles. The maximum atomic E-state index is 14.1. The normalized spacial score (nSPS) is 10.5. The van der Waals surface area contributed by atoms with Crippen molar-refractivity contribution in [2.75, 3.05) is 14.1 Å². The first kappa shape index (κ1) is 20.9. The van der Waals surface area contributed by atoms with E-state index in [0.717, 1.165) is 5.56 Å². The van der Waals surface area contributed by atoms with Crippen LogP contribution in [0.2, 0.25) is 0 Å². The second-order valence-electron chi connectivity index (χ2n) is 6.94. The van der Waals surface area contributed by atoms with Gasteiger partial charge in [-0.15, -0.1) is 0 Å². The van der Waals surface area contributed by atoms with Gasteiger partial charge < -0.3 is 10.2 Å². The number of amides is 2. The zero-order chi connectivity index (χ0) is 21.8. The van der Waals surface area contributed by atoms with Gasteiger partial charge in [-0.3, -0.25) is 14.4 Å². The van der Waals surface area contributed by atoms with Gasteiger partial charge in [0.05, 0.1) is 0 Å². The van der Waals surface area contributed by atoms with Crippen LogP contribution in [-0.2, 0) is 6.54 Å². The molecule has 30 heavy (non-hydrogen) atoms. The number of hydrogen-bond acceptors (Lipinski definition) is 4. The molecule has 0 aliphatic rings. The van der Waals surface area contributed by atoms with Crippen molar-refractivity contribution >= 4 is 11.8 Å². The molecule has 0 saturated heterocycles. The van der Waals surface area contributed by atoms with Gasteiger partial charge in [-0.1, -0.05) is 24.3 Å². The Morgan fingerprint density at radius 2 is 1.77 bits per heavy atom. The highest BCUT2D eigenvalue weighted by atomic mass is 19.1. The van der Waals surface area contributed by atoms with Crippen LogP contribution in [0.5, 0.6) is 0 Å². The molecule has 0 radical (unpaired) electrons. The SMILES string of the molecule is Cc1cc(=O)c(C(=O)NCc2ccc(C(=O)N(C)C)cc2)nn1-c1ccccc1F. The average molecular weight is 408 g/mol. The van der Waals surface area contributed by atoms with Crippen molar-refractivity contribution < 1.29 is 14.0 Å². The smallest absolute Gasteiger partial charge is 0.276 e. The van der Waals surface area contributed by atoms with Crippen LogP contribution in [0.4, 0.5) is 4.39 Å². The van der Waals surface area contributed by atoms with Gasteiger partial charge in [0.2, 0.25) is 5.43 Å². The molecule has 8 heteroatoms. The Bertz CT molecular complexity index is 1150. The number of nitrogens with zero attached hydrogens (tertiary/aromatic N) is 3. The van der Waals surface area contributed by atoms with Gasteiger partial charge >= 0.3 is 0 Å². The van der Waals surface area contributed by atoms with E-state index in [9.17, 15) is 18.8 Å². The molecule has 3 rings (SSSR count). The zero-order valence-electron chi connectivity index (χ0n) is 16.8. The summed E-state index contributed by atoms with van der Waals surface area (Å²) in [5.74, 6) is -1.31. The predicted molar refractivity (Wildman–Crippen MR) is 110 cm³/mol. The molecule has 0 aliphatic carbocycles. The van der Waals surface area contributed by atoms with Crippen molar-refractivity contribution in [3.63, 3.8) is 0 Å². The van der Waals surface area contributed by atoms with Crippen LogP contribution in [0.15, 0.2) is 59.4 Å². The summed E-state index contributed by atoms with van der Waals surface area (Å²) in [6, 6.07) is 14.0. The van der Waals surface area contributed by atoms with Crippen LogP contribution in [0, 0.1) is 12.7 Å². The number of aromatic nitrogens is 2. The summed E-state index contributed by atoms with van der Waals surface area (Å²) < 4.78 is 15.4. The lowest BCUT2D eigenvalue weighted by atomic mass is 10.1. The molecule has 0 saturated carbocycles. The molecule has 0 fully saturated rings. The van der Waals surface area contributed by atoms with Crippen LogP contribution in [-0.4, -0.2) is 40.6 Å². The topological polar surface area (TPSA) is 84.3 Å². The van der Waals surface area contributed by atoms with E-state index < -0.39 is 17.2 Å². The van der Waals surface area contributed by atoms with Gasteiger partial charge in [-0.05, 0) is 36.8 Å². The molecular formula is C22H21FN4O3. The van der Waals surface area contributed by atoms with E-state index in [2.05, 4.69) is 10.4 Å². The number of rotatable bonds is 5. The molecule has 0 unspecified atom stereocenters. The molecule has 1 heterocycles. The van der Waals surface area contributed by atoms with Gasteiger partial charge in [0, 0.05) is 38.0 Å². The fraction of sp³-hybridized carbons (Fsp3) is 0.182. The fourth-order valence-electron chi connectivity index (χ4n) is 2.86. The lowest BCUT2D eigenvalue weighted by Crippen LogP contribution is -2.31.